The number of methoxy groups -OCH3 is 2. The lowest BCUT2D eigenvalue weighted by Gasteiger charge is -2.34. The first-order chi connectivity index (χ1) is 8.98. The SMILES string of the molecule is COC(=O)C1(C(=O)OC)C[C@H](C)[C@H]2C(=O)CCC[C@@H]21. The molecular formula is C14H20O5. The summed E-state index contributed by atoms with van der Waals surface area (Å²) in [5.41, 5.74) is -1.29. The normalized spacial score (nSPS) is 32.6. The standard InChI is InChI=1S/C14H20O5/c1-8-7-14(12(16)18-2,13(17)19-3)9-5-4-6-10(15)11(8)9/h8-9,11H,4-7H2,1-3H3/t8-,9-,11+/m0/s1. The minimum absolute atomic E-state index is 0.0102. The second-order valence-electron chi connectivity index (χ2n) is 5.63. The molecule has 2 aliphatic rings. The van der Waals surface area contributed by atoms with Crippen molar-refractivity contribution in [3.8, 4) is 0 Å². The molecule has 0 unspecified atom stereocenters. The second kappa shape index (κ2) is 4.94. The van der Waals surface area contributed by atoms with Crippen molar-refractivity contribution in [1.82, 2.24) is 0 Å². The van der Waals surface area contributed by atoms with Gasteiger partial charge in [0, 0.05) is 12.3 Å². The number of fused-ring (bicyclic) bond motifs is 1. The fourth-order valence-corrected chi connectivity index (χ4v) is 4.04. The van der Waals surface area contributed by atoms with Crippen LogP contribution in [-0.4, -0.2) is 31.9 Å². The smallest absolute Gasteiger partial charge is 0.323 e. The Morgan fingerprint density at radius 3 is 2.32 bits per heavy atom. The van der Waals surface area contributed by atoms with Crippen LogP contribution < -0.4 is 0 Å². The number of rotatable bonds is 2. The molecule has 19 heavy (non-hydrogen) atoms. The van der Waals surface area contributed by atoms with Crippen LogP contribution >= 0.6 is 0 Å². The molecule has 0 bridgehead atoms. The van der Waals surface area contributed by atoms with Gasteiger partial charge in [0.2, 0.25) is 0 Å². The summed E-state index contributed by atoms with van der Waals surface area (Å²) in [5.74, 6) is -1.44. The second-order valence-corrected chi connectivity index (χ2v) is 5.63. The van der Waals surface area contributed by atoms with Crippen molar-refractivity contribution in [3.05, 3.63) is 0 Å². The highest BCUT2D eigenvalue weighted by Crippen LogP contribution is 2.56. The van der Waals surface area contributed by atoms with Gasteiger partial charge in [0.05, 0.1) is 14.2 Å². The molecule has 0 aromatic heterocycles. The summed E-state index contributed by atoms with van der Waals surface area (Å²) in [6.45, 7) is 1.93. The molecule has 0 spiro atoms. The third kappa shape index (κ3) is 1.86. The molecule has 0 heterocycles. The molecule has 2 rings (SSSR count). The molecule has 5 nitrogen and oxygen atoms in total. The van der Waals surface area contributed by atoms with Crippen LogP contribution in [0.15, 0.2) is 0 Å². The lowest BCUT2D eigenvalue weighted by atomic mass is 9.68. The monoisotopic (exact) mass is 268 g/mol. The molecule has 0 N–H and O–H groups in total. The van der Waals surface area contributed by atoms with Crippen molar-refractivity contribution in [2.24, 2.45) is 23.2 Å². The highest BCUT2D eigenvalue weighted by Gasteiger charge is 2.64. The van der Waals surface area contributed by atoms with Gasteiger partial charge >= 0.3 is 11.9 Å². The van der Waals surface area contributed by atoms with E-state index in [9.17, 15) is 14.4 Å². The first kappa shape index (κ1) is 14.0. The minimum Gasteiger partial charge on any atom is -0.468 e. The van der Waals surface area contributed by atoms with E-state index >= 15 is 0 Å². The maximum Gasteiger partial charge on any atom is 0.323 e. The van der Waals surface area contributed by atoms with Gasteiger partial charge in [0.1, 0.15) is 5.78 Å². The predicted molar refractivity (Wildman–Crippen MR) is 66.1 cm³/mol. The van der Waals surface area contributed by atoms with Crippen LogP contribution in [-0.2, 0) is 23.9 Å². The highest BCUT2D eigenvalue weighted by atomic mass is 16.5. The lowest BCUT2D eigenvalue weighted by molar-refractivity contribution is -0.173. The fourth-order valence-electron chi connectivity index (χ4n) is 4.04. The van der Waals surface area contributed by atoms with Crippen LogP contribution in [0.4, 0.5) is 0 Å². The van der Waals surface area contributed by atoms with Gasteiger partial charge in [-0.05, 0) is 31.1 Å². The first-order valence-corrected chi connectivity index (χ1v) is 6.68. The van der Waals surface area contributed by atoms with Gasteiger partial charge in [-0.2, -0.15) is 0 Å². The number of esters is 2. The summed E-state index contributed by atoms with van der Waals surface area (Å²) in [6, 6.07) is 0. The fraction of sp³-hybridized carbons (Fsp3) is 0.786. The maximum absolute atomic E-state index is 12.2. The van der Waals surface area contributed by atoms with Crippen LogP contribution in [0, 0.1) is 23.2 Å². The molecule has 0 radical (unpaired) electrons. The summed E-state index contributed by atoms with van der Waals surface area (Å²) in [7, 11) is 2.55. The number of carbonyl (C=O) groups is 3. The zero-order valence-corrected chi connectivity index (χ0v) is 11.6. The number of ketones is 1. The molecule has 0 aliphatic heterocycles. The predicted octanol–water partition coefficient (Wildman–Crippen LogP) is 1.34. The summed E-state index contributed by atoms with van der Waals surface area (Å²) < 4.78 is 9.68. The third-order valence-electron chi connectivity index (χ3n) is 4.73. The quantitative estimate of drug-likeness (QED) is 0.558. The summed E-state index contributed by atoms with van der Waals surface area (Å²) in [6.07, 6.45) is 2.31. The minimum atomic E-state index is -1.29. The molecule has 3 atom stereocenters. The highest BCUT2D eigenvalue weighted by molar-refractivity contribution is 6.02. The number of hydrogen-bond donors (Lipinski definition) is 0. The van der Waals surface area contributed by atoms with E-state index in [1.165, 1.54) is 14.2 Å². The Kier molecular flexibility index (Phi) is 3.65. The molecule has 0 aromatic carbocycles. The molecule has 2 aliphatic carbocycles. The van der Waals surface area contributed by atoms with Crippen molar-refractivity contribution < 1.29 is 23.9 Å². The average Bonchev–Trinajstić information content (AvgIpc) is 2.72. The summed E-state index contributed by atoms with van der Waals surface area (Å²) in [5, 5.41) is 0. The number of hydrogen-bond acceptors (Lipinski definition) is 5. The van der Waals surface area contributed by atoms with Crippen LogP contribution in [0.3, 0.4) is 0 Å². The van der Waals surface area contributed by atoms with E-state index < -0.39 is 17.4 Å². The topological polar surface area (TPSA) is 69.7 Å². The molecule has 2 fully saturated rings. The van der Waals surface area contributed by atoms with Gasteiger partial charge in [-0.25, -0.2) is 0 Å². The molecule has 0 aromatic rings. The number of ether oxygens (including phenoxy) is 2. The van der Waals surface area contributed by atoms with E-state index in [4.69, 9.17) is 9.47 Å². The van der Waals surface area contributed by atoms with Crippen LogP contribution in [0.25, 0.3) is 0 Å². The first-order valence-electron chi connectivity index (χ1n) is 6.68. The molecule has 0 amide bonds. The maximum atomic E-state index is 12.2. The van der Waals surface area contributed by atoms with Gasteiger partial charge in [0.25, 0.3) is 0 Å². The molecule has 0 saturated heterocycles. The van der Waals surface area contributed by atoms with E-state index in [1.54, 1.807) is 0 Å². The Hall–Kier alpha value is -1.39. The van der Waals surface area contributed by atoms with E-state index in [-0.39, 0.29) is 23.5 Å². The van der Waals surface area contributed by atoms with Gasteiger partial charge in [-0.3, -0.25) is 14.4 Å². The van der Waals surface area contributed by atoms with Crippen molar-refractivity contribution in [2.45, 2.75) is 32.6 Å². The van der Waals surface area contributed by atoms with E-state index in [0.717, 1.165) is 6.42 Å². The van der Waals surface area contributed by atoms with Crippen LogP contribution in [0.5, 0.6) is 0 Å². The Bertz CT molecular complexity index is 398. The van der Waals surface area contributed by atoms with Gasteiger partial charge in [-0.15, -0.1) is 0 Å². The molecular weight excluding hydrogens is 248 g/mol. The molecule has 2 saturated carbocycles. The molecule has 106 valence electrons. The van der Waals surface area contributed by atoms with E-state index in [0.29, 0.717) is 19.3 Å². The van der Waals surface area contributed by atoms with Crippen molar-refractivity contribution in [2.75, 3.05) is 14.2 Å². The van der Waals surface area contributed by atoms with E-state index in [1.807, 2.05) is 6.92 Å². The average molecular weight is 268 g/mol. The summed E-state index contributed by atoms with van der Waals surface area (Å²) in [4.78, 5) is 36.5. The van der Waals surface area contributed by atoms with Crippen molar-refractivity contribution >= 4 is 17.7 Å². The van der Waals surface area contributed by atoms with Gasteiger partial charge < -0.3 is 9.47 Å². The molecule has 5 heteroatoms. The Balaban J connectivity index is 2.47. The van der Waals surface area contributed by atoms with Gasteiger partial charge in [0.15, 0.2) is 5.41 Å². The largest absolute Gasteiger partial charge is 0.468 e. The van der Waals surface area contributed by atoms with Crippen molar-refractivity contribution in [3.63, 3.8) is 0 Å². The van der Waals surface area contributed by atoms with Crippen LogP contribution in [0.1, 0.15) is 32.6 Å². The Labute approximate surface area is 112 Å². The zero-order valence-electron chi connectivity index (χ0n) is 11.6. The Morgan fingerprint density at radius 1 is 1.21 bits per heavy atom. The van der Waals surface area contributed by atoms with Gasteiger partial charge in [-0.1, -0.05) is 6.92 Å². The number of carbonyl (C=O) groups excluding carboxylic acids is 3. The van der Waals surface area contributed by atoms with Crippen molar-refractivity contribution in [1.29, 1.82) is 0 Å². The number of Topliss-reactive ketones (excluding diaryl/α,β-unsaturated/α-hetero) is 1. The van der Waals surface area contributed by atoms with Crippen LogP contribution in [0.2, 0.25) is 0 Å². The Morgan fingerprint density at radius 2 is 1.79 bits per heavy atom. The zero-order chi connectivity index (χ0) is 14.2. The summed E-state index contributed by atoms with van der Waals surface area (Å²) >= 11 is 0. The lowest BCUT2D eigenvalue weighted by Crippen LogP contribution is -2.47. The van der Waals surface area contributed by atoms with E-state index in [2.05, 4.69) is 0 Å². The third-order valence-corrected chi connectivity index (χ3v) is 4.73.